The maximum Gasteiger partial charge on any atom is 0.264 e. The first kappa shape index (κ1) is 29.4. The largest absolute Gasteiger partial charge is 0.354 e. The van der Waals surface area contributed by atoms with Crippen molar-refractivity contribution in [3.63, 3.8) is 0 Å². The average Bonchev–Trinajstić information content (AvgIpc) is 2.90. The van der Waals surface area contributed by atoms with Gasteiger partial charge in [-0.05, 0) is 67.3 Å². The van der Waals surface area contributed by atoms with Crippen molar-refractivity contribution < 1.29 is 18.0 Å². The van der Waals surface area contributed by atoms with Crippen LogP contribution in [0.2, 0.25) is 0 Å². The van der Waals surface area contributed by atoms with Crippen LogP contribution in [0.15, 0.2) is 88.2 Å². The molecule has 38 heavy (non-hydrogen) atoms. The molecule has 0 saturated heterocycles. The highest BCUT2D eigenvalue weighted by atomic mass is 79.9. The number of halogens is 1. The number of sulfonamides is 1. The third-order valence-electron chi connectivity index (χ3n) is 6.18. The molecule has 3 rings (SSSR count). The smallest absolute Gasteiger partial charge is 0.264 e. The van der Waals surface area contributed by atoms with Crippen molar-refractivity contribution in [2.75, 3.05) is 17.4 Å². The molecule has 9 heteroatoms. The van der Waals surface area contributed by atoms with Crippen molar-refractivity contribution in [2.45, 2.75) is 45.2 Å². The fraction of sp³-hybridized carbons (Fsp3) is 0.310. The van der Waals surface area contributed by atoms with Crippen molar-refractivity contribution in [1.29, 1.82) is 0 Å². The number of anilines is 1. The predicted octanol–water partition coefficient (Wildman–Crippen LogP) is 5.14. The van der Waals surface area contributed by atoms with Gasteiger partial charge in [0, 0.05) is 17.6 Å². The molecule has 0 radical (unpaired) electrons. The molecule has 2 amide bonds. The zero-order valence-electron chi connectivity index (χ0n) is 22.1. The van der Waals surface area contributed by atoms with Crippen molar-refractivity contribution >= 4 is 43.5 Å². The van der Waals surface area contributed by atoms with Gasteiger partial charge in [-0.1, -0.05) is 72.2 Å². The number of hydrogen-bond acceptors (Lipinski definition) is 4. The molecular weight excluding hydrogens is 566 g/mol. The van der Waals surface area contributed by atoms with Crippen LogP contribution in [0.4, 0.5) is 5.69 Å². The summed E-state index contributed by atoms with van der Waals surface area (Å²) in [5.41, 5.74) is 2.20. The number of carbonyl (C=O) groups excluding carboxylic acids is 2. The highest BCUT2D eigenvalue weighted by molar-refractivity contribution is 9.10. The normalized spacial score (nSPS) is 12.2. The summed E-state index contributed by atoms with van der Waals surface area (Å²) in [6, 6.07) is 21.6. The van der Waals surface area contributed by atoms with Gasteiger partial charge in [-0.3, -0.25) is 13.9 Å². The Morgan fingerprint density at radius 3 is 2.11 bits per heavy atom. The highest BCUT2D eigenvalue weighted by Crippen LogP contribution is 2.26. The second-order valence-corrected chi connectivity index (χ2v) is 12.3. The number of carbonyl (C=O) groups is 2. The Hall–Kier alpha value is -3.17. The van der Waals surface area contributed by atoms with E-state index in [4.69, 9.17) is 0 Å². The lowest BCUT2D eigenvalue weighted by Gasteiger charge is -2.32. The number of amides is 2. The van der Waals surface area contributed by atoms with Crippen LogP contribution in [0.5, 0.6) is 0 Å². The zero-order chi connectivity index (χ0) is 27.9. The first-order chi connectivity index (χ1) is 18.0. The molecule has 7 nitrogen and oxygen atoms in total. The monoisotopic (exact) mass is 599 g/mol. The van der Waals surface area contributed by atoms with Gasteiger partial charge in [0.25, 0.3) is 10.0 Å². The fourth-order valence-electron chi connectivity index (χ4n) is 3.86. The number of hydrogen-bond donors (Lipinski definition) is 1. The topological polar surface area (TPSA) is 86.8 Å². The minimum atomic E-state index is -4.07. The SMILES string of the molecule is Cc1ccccc1CN(C(=O)CN(c1ccc(Br)cc1)S(=O)(=O)c1ccccc1)[C@@H](C)C(=O)NCC(C)C. The van der Waals surface area contributed by atoms with E-state index in [9.17, 15) is 18.0 Å². The summed E-state index contributed by atoms with van der Waals surface area (Å²) in [5.74, 6) is -0.528. The molecule has 3 aromatic rings. The van der Waals surface area contributed by atoms with E-state index in [1.54, 1.807) is 49.4 Å². The molecule has 1 N–H and O–H groups in total. The van der Waals surface area contributed by atoms with E-state index in [1.807, 2.05) is 45.0 Å². The van der Waals surface area contributed by atoms with E-state index in [0.717, 1.165) is 19.9 Å². The van der Waals surface area contributed by atoms with E-state index in [2.05, 4.69) is 21.2 Å². The van der Waals surface area contributed by atoms with Crippen molar-refractivity contribution in [3.8, 4) is 0 Å². The molecule has 0 aromatic heterocycles. The minimum Gasteiger partial charge on any atom is -0.354 e. The maximum atomic E-state index is 13.9. The summed E-state index contributed by atoms with van der Waals surface area (Å²) in [5, 5.41) is 2.90. The Balaban J connectivity index is 2.00. The van der Waals surface area contributed by atoms with Crippen LogP contribution in [0.1, 0.15) is 31.9 Å². The van der Waals surface area contributed by atoms with Crippen LogP contribution in [0.3, 0.4) is 0 Å². The Morgan fingerprint density at radius 2 is 1.50 bits per heavy atom. The number of rotatable bonds is 11. The molecule has 0 aliphatic heterocycles. The molecule has 0 aliphatic carbocycles. The maximum absolute atomic E-state index is 13.9. The van der Waals surface area contributed by atoms with Crippen LogP contribution in [0.25, 0.3) is 0 Å². The van der Waals surface area contributed by atoms with Crippen molar-refractivity contribution in [3.05, 3.63) is 94.5 Å². The van der Waals surface area contributed by atoms with Gasteiger partial charge in [-0.25, -0.2) is 8.42 Å². The van der Waals surface area contributed by atoms with Gasteiger partial charge in [0.1, 0.15) is 12.6 Å². The molecule has 0 bridgehead atoms. The number of nitrogens with zero attached hydrogens (tertiary/aromatic N) is 2. The lowest BCUT2D eigenvalue weighted by molar-refractivity contribution is -0.139. The molecule has 1 atom stereocenters. The molecule has 3 aromatic carbocycles. The van der Waals surface area contributed by atoms with Crippen LogP contribution in [-0.2, 0) is 26.2 Å². The molecule has 0 spiro atoms. The van der Waals surface area contributed by atoms with Gasteiger partial charge in [-0.2, -0.15) is 0 Å². The number of benzene rings is 3. The number of nitrogens with one attached hydrogen (secondary N) is 1. The summed E-state index contributed by atoms with van der Waals surface area (Å²) < 4.78 is 29.3. The van der Waals surface area contributed by atoms with E-state index < -0.39 is 28.5 Å². The Kier molecular flexibility index (Phi) is 10.1. The quantitative estimate of drug-likeness (QED) is 0.330. The molecule has 0 aliphatic rings. The van der Waals surface area contributed by atoms with Gasteiger partial charge in [0.15, 0.2) is 0 Å². The Labute approximate surface area is 234 Å². The lowest BCUT2D eigenvalue weighted by atomic mass is 10.1. The third kappa shape index (κ3) is 7.45. The van der Waals surface area contributed by atoms with Gasteiger partial charge >= 0.3 is 0 Å². The van der Waals surface area contributed by atoms with Crippen LogP contribution in [0, 0.1) is 12.8 Å². The Morgan fingerprint density at radius 1 is 0.895 bits per heavy atom. The summed E-state index contributed by atoms with van der Waals surface area (Å²) >= 11 is 3.38. The lowest BCUT2D eigenvalue weighted by Crippen LogP contribution is -2.51. The second-order valence-electron chi connectivity index (χ2n) is 9.56. The van der Waals surface area contributed by atoms with Gasteiger partial charge in [0.2, 0.25) is 11.8 Å². The molecule has 0 fully saturated rings. The molecular formula is C29H34BrN3O4S. The molecule has 0 heterocycles. The van der Waals surface area contributed by atoms with Crippen molar-refractivity contribution in [2.24, 2.45) is 5.92 Å². The van der Waals surface area contributed by atoms with Gasteiger partial charge in [0.05, 0.1) is 10.6 Å². The van der Waals surface area contributed by atoms with Crippen LogP contribution in [-0.4, -0.2) is 44.3 Å². The van der Waals surface area contributed by atoms with E-state index in [1.165, 1.54) is 17.0 Å². The predicted molar refractivity (Wildman–Crippen MR) is 154 cm³/mol. The van der Waals surface area contributed by atoms with Gasteiger partial charge < -0.3 is 10.2 Å². The van der Waals surface area contributed by atoms with E-state index >= 15 is 0 Å². The first-order valence-corrected chi connectivity index (χ1v) is 14.7. The Bertz CT molecular complexity index is 1350. The standard InChI is InChI=1S/C29H34BrN3O4S/c1-21(2)18-31-29(35)23(4)32(19-24-11-9-8-10-22(24)3)28(34)20-33(26-16-14-25(30)15-17-26)38(36,37)27-12-6-5-7-13-27/h5-17,21,23H,18-20H2,1-4H3,(H,31,35)/t23-/m0/s1. The summed E-state index contributed by atoms with van der Waals surface area (Å²) in [4.78, 5) is 28.5. The van der Waals surface area contributed by atoms with E-state index in [-0.39, 0.29) is 23.3 Å². The summed E-state index contributed by atoms with van der Waals surface area (Å²) in [6.07, 6.45) is 0. The average molecular weight is 601 g/mol. The molecule has 0 unspecified atom stereocenters. The summed E-state index contributed by atoms with van der Waals surface area (Å²) in [7, 11) is -4.07. The van der Waals surface area contributed by atoms with Crippen LogP contribution < -0.4 is 9.62 Å². The third-order valence-corrected chi connectivity index (χ3v) is 8.50. The molecule has 202 valence electrons. The fourth-order valence-corrected chi connectivity index (χ4v) is 5.56. The number of aryl methyl sites for hydroxylation is 1. The minimum absolute atomic E-state index is 0.0731. The van der Waals surface area contributed by atoms with Gasteiger partial charge in [-0.15, -0.1) is 0 Å². The summed E-state index contributed by atoms with van der Waals surface area (Å²) in [6.45, 7) is 7.77. The first-order valence-electron chi connectivity index (χ1n) is 12.5. The van der Waals surface area contributed by atoms with Crippen LogP contribution >= 0.6 is 15.9 Å². The second kappa shape index (κ2) is 13.1. The molecule has 0 saturated carbocycles. The highest BCUT2D eigenvalue weighted by Gasteiger charge is 2.32. The van der Waals surface area contributed by atoms with Crippen molar-refractivity contribution in [1.82, 2.24) is 10.2 Å². The van der Waals surface area contributed by atoms with E-state index in [0.29, 0.717) is 12.2 Å². The zero-order valence-corrected chi connectivity index (χ0v) is 24.5.